The van der Waals surface area contributed by atoms with Gasteiger partial charge < -0.3 is 18.9 Å². The number of fused-ring (bicyclic) bond motifs is 1. The predicted molar refractivity (Wildman–Crippen MR) is 95.3 cm³/mol. The van der Waals surface area contributed by atoms with Gasteiger partial charge in [0, 0.05) is 12.0 Å². The zero-order valence-corrected chi connectivity index (χ0v) is 15.8. The number of hydrogen-bond acceptors (Lipinski definition) is 6. The lowest BCUT2D eigenvalue weighted by atomic mass is 10.00. The highest BCUT2D eigenvalue weighted by atomic mass is 79.9. The Labute approximate surface area is 150 Å². The molecule has 2 heterocycles. The molecular weight excluding hydrogens is 376 g/mol. The summed E-state index contributed by atoms with van der Waals surface area (Å²) >= 11 is 3.48. The normalized spacial score (nSPS) is 22.2. The minimum Gasteiger partial charge on any atom is -0.483 e. The van der Waals surface area contributed by atoms with Gasteiger partial charge in [0.25, 0.3) is 0 Å². The molecular formula is C17H21BrN2O4. The number of methoxy groups -OCH3 is 2. The van der Waals surface area contributed by atoms with Gasteiger partial charge in [-0.25, -0.2) is 9.98 Å². The molecule has 0 aliphatic carbocycles. The molecule has 7 heteroatoms. The highest BCUT2D eigenvalue weighted by Gasteiger charge is 2.32. The summed E-state index contributed by atoms with van der Waals surface area (Å²) in [5.41, 5.74) is 1.00. The second-order valence-corrected chi connectivity index (χ2v) is 6.88. The van der Waals surface area contributed by atoms with E-state index >= 15 is 0 Å². The van der Waals surface area contributed by atoms with Crippen LogP contribution < -0.4 is 9.47 Å². The van der Waals surface area contributed by atoms with Crippen LogP contribution in [0.3, 0.4) is 0 Å². The first-order chi connectivity index (χ1) is 11.5. The molecule has 0 saturated heterocycles. The molecule has 2 aliphatic rings. The molecule has 1 unspecified atom stereocenters. The van der Waals surface area contributed by atoms with Gasteiger partial charge >= 0.3 is 0 Å². The summed E-state index contributed by atoms with van der Waals surface area (Å²) in [6.45, 7) is 4.40. The Morgan fingerprint density at radius 2 is 1.83 bits per heavy atom. The standard InChI is InChI=1S/C17H21BrN2O4/c1-9(2)13-17(22-4)19-12(16(20-13)21-3)7-10-5-6-11(18)15-14(10)23-8-24-15/h5-6,9,12-13H,7-8H2,1-4H3/t12?,13-/m1/s1. The van der Waals surface area contributed by atoms with Crippen LogP contribution in [0.5, 0.6) is 11.5 Å². The van der Waals surface area contributed by atoms with Crippen LogP contribution in [-0.4, -0.2) is 44.9 Å². The molecule has 0 amide bonds. The van der Waals surface area contributed by atoms with Gasteiger partial charge in [0.15, 0.2) is 11.5 Å². The van der Waals surface area contributed by atoms with Gasteiger partial charge in [-0.05, 0) is 27.9 Å². The second-order valence-electron chi connectivity index (χ2n) is 6.02. The molecule has 0 N–H and O–H groups in total. The van der Waals surface area contributed by atoms with E-state index in [9.17, 15) is 0 Å². The Morgan fingerprint density at radius 3 is 2.50 bits per heavy atom. The zero-order valence-electron chi connectivity index (χ0n) is 14.2. The number of benzene rings is 1. The van der Waals surface area contributed by atoms with Crippen LogP contribution in [0.4, 0.5) is 0 Å². The van der Waals surface area contributed by atoms with E-state index in [1.165, 1.54) is 0 Å². The maximum Gasteiger partial charge on any atom is 0.231 e. The lowest BCUT2D eigenvalue weighted by Gasteiger charge is -2.27. The summed E-state index contributed by atoms with van der Waals surface area (Å²) in [5.74, 6) is 3.02. The van der Waals surface area contributed by atoms with Crippen molar-refractivity contribution in [3.05, 3.63) is 22.2 Å². The summed E-state index contributed by atoms with van der Waals surface area (Å²) in [4.78, 5) is 9.43. The number of aliphatic imine (C=N–C) groups is 2. The molecule has 3 rings (SSSR count). The van der Waals surface area contributed by atoms with Crippen molar-refractivity contribution in [1.29, 1.82) is 0 Å². The van der Waals surface area contributed by atoms with Crippen molar-refractivity contribution in [3.63, 3.8) is 0 Å². The van der Waals surface area contributed by atoms with E-state index in [0.29, 0.717) is 18.2 Å². The van der Waals surface area contributed by atoms with Crippen LogP contribution in [0.2, 0.25) is 0 Å². The fraction of sp³-hybridized carbons (Fsp3) is 0.529. The van der Waals surface area contributed by atoms with Gasteiger partial charge in [-0.15, -0.1) is 0 Å². The molecule has 0 spiro atoms. The number of ether oxygens (including phenoxy) is 4. The Hall–Kier alpha value is -1.76. The maximum absolute atomic E-state index is 5.62. The quantitative estimate of drug-likeness (QED) is 0.786. The van der Waals surface area contributed by atoms with Crippen molar-refractivity contribution in [2.45, 2.75) is 32.4 Å². The largest absolute Gasteiger partial charge is 0.483 e. The first-order valence-electron chi connectivity index (χ1n) is 7.85. The molecule has 24 heavy (non-hydrogen) atoms. The van der Waals surface area contributed by atoms with Gasteiger partial charge in [0.1, 0.15) is 12.1 Å². The summed E-state index contributed by atoms with van der Waals surface area (Å²) in [6.07, 6.45) is 0.601. The smallest absolute Gasteiger partial charge is 0.231 e. The molecule has 6 nitrogen and oxygen atoms in total. The Balaban J connectivity index is 1.91. The third-order valence-corrected chi connectivity index (χ3v) is 4.73. The molecule has 1 aromatic rings. The van der Waals surface area contributed by atoms with Gasteiger partial charge in [0.2, 0.25) is 18.6 Å². The maximum atomic E-state index is 5.62. The van der Waals surface area contributed by atoms with Crippen molar-refractivity contribution < 1.29 is 18.9 Å². The molecule has 0 radical (unpaired) electrons. The molecule has 2 atom stereocenters. The van der Waals surface area contributed by atoms with Crippen LogP contribution in [0.1, 0.15) is 19.4 Å². The lowest BCUT2D eigenvalue weighted by molar-refractivity contribution is 0.172. The van der Waals surface area contributed by atoms with Gasteiger partial charge in [-0.1, -0.05) is 19.9 Å². The van der Waals surface area contributed by atoms with E-state index in [1.807, 2.05) is 12.1 Å². The number of rotatable bonds is 3. The summed E-state index contributed by atoms with van der Waals surface area (Å²) in [7, 11) is 3.26. The topological polar surface area (TPSA) is 61.6 Å². The van der Waals surface area contributed by atoms with E-state index < -0.39 is 0 Å². The molecule has 0 fully saturated rings. The second kappa shape index (κ2) is 7.01. The van der Waals surface area contributed by atoms with Crippen molar-refractivity contribution in [1.82, 2.24) is 0 Å². The number of hydrogen-bond donors (Lipinski definition) is 0. The van der Waals surface area contributed by atoms with Crippen LogP contribution in [-0.2, 0) is 15.9 Å². The number of halogens is 1. The van der Waals surface area contributed by atoms with E-state index in [-0.39, 0.29) is 24.8 Å². The highest BCUT2D eigenvalue weighted by molar-refractivity contribution is 9.10. The Kier molecular flexibility index (Phi) is 4.99. The third-order valence-electron chi connectivity index (χ3n) is 4.10. The average Bonchev–Trinajstić information content (AvgIpc) is 3.07. The van der Waals surface area contributed by atoms with E-state index in [1.54, 1.807) is 14.2 Å². The minimum atomic E-state index is -0.241. The fourth-order valence-electron chi connectivity index (χ4n) is 2.88. The molecule has 1 aromatic carbocycles. The van der Waals surface area contributed by atoms with Gasteiger partial charge in [0.05, 0.1) is 18.7 Å². The Morgan fingerprint density at radius 1 is 1.12 bits per heavy atom. The highest BCUT2D eigenvalue weighted by Crippen LogP contribution is 2.42. The number of nitrogens with zero attached hydrogens (tertiary/aromatic N) is 2. The van der Waals surface area contributed by atoms with Crippen molar-refractivity contribution in [2.75, 3.05) is 21.0 Å². The van der Waals surface area contributed by atoms with Gasteiger partial charge in [-0.2, -0.15) is 0 Å². The molecule has 0 saturated carbocycles. The van der Waals surface area contributed by atoms with E-state index in [2.05, 4.69) is 29.8 Å². The molecule has 0 bridgehead atoms. The average molecular weight is 397 g/mol. The summed E-state index contributed by atoms with van der Waals surface area (Å²) in [6, 6.07) is 3.60. The molecule has 0 aromatic heterocycles. The molecule has 130 valence electrons. The van der Waals surface area contributed by atoms with E-state index in [4.69, 9.17) is 28.9 Å². The SMILES string of the molecule is COC1=N[C@H](C(C)C)C(OC)=NC1Cc1ccc(Br)c2c1OCO2. The predicted octanol–water partition coefficient (Wildman–Crippen LogP) is 3.22. The van der Waals surface area contributed by atoms with Crippen LogP contribution in [0.15, 0.2) is 26.6 Å². The van der Waals surface area contributed by atoms with Crippen LogP contribution >= 0.6 is 15.9 Å². The van der Waals surface area contributed by atoms with Crippen LogP contribution in [0.25, 0.3) is 0 Å². The Bertz CT molecular complexity index is 687. The third kappa shape index (κ3) is 3.09. The minimum absolute atomic E-state index is 0.114. The lowest BCUT2D eigenvalue weighted by Crippen LogP contribution is -2.38. The van der Waals surface area contributed by atoms with Crippen LogP contribution in [0, 0.1) is 5.92 Å². The van der Waals surface area contributed by atoms with E-state index in [0.717, 1.165) is 21.5 Å². The zero-order chi connectivity index (χ0) is 17.3. The fourth-order valence-corrected chi connectivity index (χ4v) is 3.31. The first kappa shape index (κ1) is 17.1. The monoisotopic (exact) mass is 396 g/mol. The summed E-state index contributed by atoms with van der Waals surface area (Å²) in [5, 5.41) is 0. The van der Waals surface area contributed by atoms with Crippen molar-refractivity contribution >= 4 is 27.7 Å². The summed E-state index contributed by atoms with van der Waals surface area (Å²) < 4.78 is 23.0. The van der Waals surface area contributed by atoms with Gasteiger partial charge in [-0.3, -0.25) is 0 Å². The molecule has 2 aliphatic heterocycles. The first-order valence-corrected chi connectivity index (χ1v) is 8.64. The van der Waals surface area contributed by atoms with Crippen molar-refractivity contribution in [3.8, 4) is 11.5 Å². The van der Waals surface area contributed by atoms with Crippen molar-refractivity contribution in [2.24, 2.45) is 15.9 Å².